The first kappa shape index (κ1) is 17.2. The van der Waals surface area contributed by atoms with Crippen LogP contribution in [0.4, 0.5) is 5.00 Å². The number of hydrogen-bond acceptors (Lipinski definition) is 7. The van der Waals surface area contributed by atoms with E-state index >= 15 is 0 Å². The zero-order chi connectivity index (χ0) is 16.8. The molecule has 2 aromatic rings. The Morgan fingerprint density at radius 3 is 2.39 bits per heavy atom. The topological polar surface area (TPSA) is 81.7 Å². The Morgan fingerprint density at radius 2 is 1.78 bits per heavy atom. The van der Waals surface area contributed by atoms with Crippen molar-refractivity contribution < 1.29 is 23.9 Å². The van der Waals surface area contributed by atoms with Crippen molar-refractivity contribution >= 4 is 45.5 Å². The first-order valence-electron chi connectivity index (χ1n) is 6.89. The summed E-state index contributed by atoms with van der Waals surface area (Å²) in [7, 11) is 0. The molecule has 6 nitrogen and oxygen atoms in total. The van der Waals surface area contributed by atoms with Gasteiger partial charge in [-0.2, -0.15) is 0 Å². The lowest BCUT2D eigenvalue weighted by molar-refractivity contribution is 0.0481. The number of carbonyl (C=O) groups excluding carboxylic acids is 3. The predicted octanol–water partition coefficient (Wildman–Crippen LogP) is 3.42. The summed E-state index contributed by atoms with van der Waals surface area (Å²) in [6, 6.07) is 3.42. The number of esters is 2. The van der Waals surface area contributed by atoms with Crippen LogP contribution in [-0.4, -0.2) is 31.1 Å². The second-order valence-corrected chi connectivity index (χ2v) is 6.05. The van der Waals surface area contributed by atoms with Gasteiger partial charge in [0.05, 0.1) is 23.7 Å². The maximum absolute atomic E-state index is 12.2. The highest BCUT2D eigenvalue weighted by Gasteiger charge is 2.26. The quantitative estimate of drug-likeness (QED) is 0.805. The summed E-state index contributed by atoms with van der Waals surface area (Å²) in [6.07, 6.45) is 0. The maximum Gasteiger partial charge on any atom is 0.342 e. The fourth-order valence-electron chi connectivity index (χ4n) is 1.79. The lowest BCUT2D eigenvalue weighted by Gasteiger charge is -2.07. The Kier molecular flexibility index (Phi) is 5.89. The van der Waals surface area contributed by atoms with Gasteiger partial charge < -0.3 is 14.8 Å². The summed E-state index contributed by atoms with van der Waals surface area (Å²) < 4.78 is 9.92. The standard InChI is InChI=1S/C15H15NO5S2/c1-3-20-14(18)9-8-23-13(11(9)15(19)21-4-2)16-12(17)10-6-5-7-22-10/h5-8H,3-4H2,1-2H3,(H,16,17). The molecule has 23 heavy (non-hydrogen) atoms. The van der Waals surface area contributed by atoms with Crippen LogP contribution in [0.25, 0.3) is 0 Å². The van der Waals surface area contributed by atoms with Crippen molar-refractivity contribution in [3.63, 3.8) is 0 Å². The van der Waals surface area contributed by atoms with E-state index < -0.39 is 11.9 Å². The third-order valence-electron chi connectivity index (χ3n) is 2.74. The molecule has 8 heteroatoms. The second-order valence-electron chi connectivity index (χ2n) is 4.23. The Morgan fingerprint density at radius 1 is 1.09 bits per heavy atom. The van der Waals surface area contributed by atoms with E-state index in [2.05, 4.69) is 5.32 Å². The molecule has 0 bridgehead atoms. The molecule has 0 aliphatic heterocycles. The molecule has 0 saturated carbocycles. The zero-order valence-electron chi connectivity index (χ0n) is 12.6. The van der Waals surface area contributed by atoms with Gasteiger partial charge in [0.15, 0.2) is 0 Å². The number of nitrogens with one attached hydrogen (secondary N) is 1. The number of thiophene rings is 2. The summed E-state index contributed by atoms with van der Waals surface area (Å²) in [4.78, 5) is 36.8. The van der Waals surface area contributed by atoms with Crippen molar-refractivity contribution in [3.05, 3.63) is 38.9 Å². The average Bonchev–Trinajstić information content (AvgIpc) is 3.17. The molecule has 1 amide bonds. The van der Waals surface area contributed by atoms with E-state index in [1.54, 1.807) is 31.4 Å². The van der Waals surface area contributed by atoms with Crippen molar-refractivity contribution in [2.75, 3.05) is 18.5 Å². The van der Waals surface area contributed by atoms with E-state index in [0.29, 0.717) is 4.88 Å². The third kappa shape index (κ3) is 3.96. The lowest BCUT2D eigenvalue weighted by atomic mass is 10.2. The number of rotatable bonds is 6. The fourth-order valence-corrected chi connectivity index (χ4v) is 3.32. The first-order chi connectivity index (χ1) is 11.1. The molecule has 1 N–H and O–H groups in total. The van der Waals surface area contributed by atoms with Crippen LogP contribution in [-0.2, 0) is 9.47 Å². The highest BCUT2D eigenvalue weighted by molar-refractivity contribution is 7.15. The van der Waals surface area contributed by atoms with Crippen LogP contribution in [0, 0.1) is 0 Å². The van der Waals surface area contributed by atoms with E-state index in [4.69, 9.17) is 9.47 Å². The summed E-state index contributed by atoms with van der Waals surface area (Å²) in [5.74, 6) is -1.63. The maximum atomic E-state index is 12.2. The molecule has 0 radical (unpaired) electrons. The van der Waals surface area contributed by atoms with Crippen LogP contribution >= 0.6 is 22.7 Å². The molecule has 0 atom stereocenters. The molecule has 0 aliphatic rings. The van der Waals surface area contributed by atoms with Gasteiger partial charge in [0, 0.05) is 5.38 Å². The minimum Gasteiger partial charge on any atom is -0.462 e. The van der Waals surface area contributed by atoms with E-state index in [1.807, 2.05) is 0 Å². The molecule has 0 fully saturated rings. The van der Waals surface area contributed by atoms with Crippen molar-refractivity contribution in [1.29, 1.82) is 0 Å². The molecule has 2 rings (SSSR count). The van der Waals surface area contributed by atoms with Gasteiger partial charge in [-0.05, 0) is 25.3 Å². The predicted molar refractivity (Wildman–Crippen MR) is 88.5 cm³/mol. The minimum atomic E-state index is -0.668. The SMILES string of the molecule is CCOC(=O)c1csc(NC(=O)c2cccs2)c1C(=O)OCC. The molecule has 2 heterocycles. The van der Waals surface area contributed by atoms with Gasteiger partial charge >= 0.3 is 11.9 Å². The molecule has 0 unspecified atom stereocenters. The average molecular weight is 353 g/mol. The van der Waals surface area contributed by atoms with Crippen LogP contribution in [0.1, 0.15) is 44.2 Å². The zero-order valence-corrected chi connectivity index (χ0v) is 14.2. The molecule has 0 aromatic carbocycles. The number of amides is 1. The van der Waals surface area contributed by atoms with Gasteiger partial charge in [-0.15, -0.1) is 22.7 Å². The summed E-state index contributed by atoms with van der Waals surface area (Å²) in [5, 5.41) is 6.18. The number of anilines is 1. The Labute approximate surface area is 141 Å². The Hall–Kier alpha value is -2.19. The van der Waals surface area contributed by atoms with Crippen molar-refractivity contribution in [2.45, 2.75) is 13.8 Å². The molecule has 122 valence electrons. The third-order valence-corrected chi connectivity index (χ3v) is 4.50. The summed E-state index contributed by atoms with van der Waals surface area (Å²) in [5.41, 5.74) is 0.122. The van der Waals surface area contributed by atoms with Crippen molar-refractivity contribution in [1.82, 2.24) is 0 Å². The van der Waals surface area contributed by atoms with E-state index in [1.165, 1.54) is 16.7 Å². The Balaban J connectivity index is 2.33. The van der Waals surface area contributed by atoms with Gasteiger partial charge in [0.2, 0.25) is 0 Å². The van der Waals surface area contributed by atoms with Crippen LogP contribution in [0.2, 0.25) is 0 Å². The van der Waals surface area contributed by atoms with E-state index in [-0.39, 0.29) is 35.2 Å². The van der Waals surface area contributed by atoms with E-state index in [9.17, 15) is 14.4 Å². The largest absolute Gasteiger partial charge is 0.462 e. The molecule has 0 saturated heterocycles. The van der Waals surface area contributed by atoms with Gasteiger partial charge in [-0.25, -0.2) is 9.59 Å². The molecule has 0 spiro atoms. The minimum absolute atomic E-state index is 0.0280. The molecule has 0 aliphatic carbocycles. The van der Waals surface area contributed by atoms with Crippen LogP contribution < -0.4 is 5.32 Å². The van der Waals surface area contributed by atoms with Gasteiger partial charge in [0.25, 0.3) is 5.91 Å². The normalized spacial score (nSPS) is 10.2. The highest BCUT2D eigenvalue weighted by atomic mass is 32.1. The number of hydrogen-bond donors (Lipinski definition) is 1. The van der Waals surface area contributed by atoms with Gasteiger partial charge in [0.1, 0.15) is 10.6 Å². The van der Waals surface area contributed by atoms with Crippen LogP contribution in [0.3, 0.4) is 0 Å². The monoisotopic (exact) mass is 353 g/mol. The van der Waals surface area contributed by atoms with Crippen molar-refractivity contribution in [3.8, 4) is 0 Å². The smallest absolute Gasteiger partial charge is 0.342 e. The molecular formula is C15H15NO5S2. The summed E-state index contributed by atoms with van der Waals surface area (Å²) >= 11 is 2.36. The lowest BCUT2D eigenvalue weighted by Crippen LogP contribution is -2.16. The molecule has 2 aromatic heterocycles. The van der Waals surface area contributed by atoms with Crippen molar-refractivity contribution in [2.24, 2.45) is 0 Å². The van der Waals surface area contributed by atoms with E-state index in [0.717, 1.165) is 11.3 Å². The number of carbonyl (C=O) groups is 3. The molecular weight excluding hydrogens is 338 g/mol. The first-order valence-corrected chi connectivity index (χ1v) is 8.65. The summed E-state index contributed by atoms with van der Waals surface area (Å²) in [6.45, 7) is 3.69. The van der Waals surface area contributed by atoms with Gasteiger partial charge in [-0.3, -0.25) is 4.79 Å². The van der Waals surface area contributed by atoms with Crippen LogP contribution in [0.15, 0.2) is 22.9 Å². The Bertz CT molecular complexity index is 706. The fraction of sp³-hybridized carbons (Fsp3) is 0.267. The second kappa shape index (κ2) is 7.89. The highest BCUT2D eigenvalue weighted by Crippen LogP contribution is 2.30. The van der Waals surface area contributed by atoms with Crippen LogP contribution in [0.5, 0.6) is 0 Å². The number of ether oxygens (including phenoxy) is 2. The van der Waals surface area contributed by atoms with Gasteiger partial charge in [-0.1, -0.05) is 6.07 Å².